The summed E-state index contributed by atoms with van der Waals surface area (Å²) >= 11 is 0. The van der Waals surface area contributed by atoms with Crippen LogP contribution in [-0.2, 0) is 11.8 Å². The molecule has 5 aromatic rings. The predicted molar refractivity (Wildman–Crippen MR) is 132 cm³/mol. The van der Waals surface area contributed by atoms with Gasteiger partial charge in [0.15, 0.2) is 11.2 Å². The Balaban J connectivity index is 1.70. The molecule has 0 amide bonds. The number of hydrogen-bond acceptors (Lipinski definition) is 8. The van der Waals surface area contributed by atoms with Gasteiger partial charge in [-0.1, -0.05) is 6.92 Å². The van der Waals surface area contributed by atoms with Crippen LogP contribution in [0.2, 0.25) is 0 Å². The van der Waals surface area contributed by atoms with Crippen LogP contribution in [0.5, 0.6) is 0 Å². The monoisotopic (exact) mass is 481 g/mol. The maximum atomic E-state index is 13.6. The molecule has 0 bridgehead atoms. The van der Waals surface area contributed by atoms with Crippen molar-refractivity contribution in [1.82, 2.24) is 29.3 Å². The molecule has 36 heavy (non-hydrogen) atoms. The van der Waals surface area contributed by atoms with Gasteiger partial charge in [0.05, 0.1) is 23.6 Å². The molecule has 1 saturated heterocycles. The standard InChI is InChI=1S/C26H23N7O3/c1-3-19-10-18(6-8-35-19)33-24-23-20(9-16(11-27)21(30-23)17-13-29-32(2)14-17)36-25(24)22(31-26(33)34)15-5-4-7-28-12-15/h4-5,7,9,12-14,18-19H,3,6,8,10H2,1-2H3/t18-,19-/m0/s1. The van der Waals surface area contributed by atoms with E-state index in [4.69, 9.17) is 14.1 Å². The van der Waals surface area contributed by atoms with E-state index in [-0.39, 0.29) is 17.8 Å². The zero-order valence-corrected chi connectivity index (χ0v) is 19.9. The molecule has 6 heterocycles. The summed E-state index contributed by atoms with van der Waals surface area (Å²) in [6.07, 6.45) is 9.07. The van der Waals surface area contributed by atoms with Crippen molar-refractivity contribution < 1.29 is 9.15 Å². The van der Waals surface area contributed by atoms with E-state index in [0.717, 1.165) is 6.42 Å². The van der Waals surface area contributed by atoms with Gasteiger partial charge in [0, 0.05) is 55.5 Å². The molecule has 1 fully saturated rings. The van der Waals surface area contributed by atoms with Gasteiger partial charge in [-0.05, 0) is 31.4 Å². The summed E-state index contributed by atoms with van der Waals surface area (Å²) in [6, 6.07) is 7.40. The highest BCUT2D eigenvalue weighted by Crippen LogP contribution is 2.38. The Kier molecular flexibility index (Phi) is 5.34. The normalized spacial score (nSPS) is 18.0. The zero-order valence-electron chi connectivity index (χ0n) is 19.9. The molecule has 0 aromatic carbocycles. The molecule has 0 unspecified atom stereocenters. The van der Waals surface area contributed by atoms with Crippen molar-refractivity contribution in [3.63, 3.8) is 0 Å². The van der Waals surface area contributed by atoms with Crippen LogP contribution in [0.3, 0.4) is 0 Å². The van der Waals surface area contributed by atoms with Crippen molar-refractivity contribution in [2.24, 2.45) is 7.05 Å². The Labute approximate surface area is 205 Å². The fourth-order valence-corrected chi connectivity index (χ4v) is 4.95. The highest BCUT2D eigenvalue weighted by molar-refractivity contribution is 6.05. The van der Waals surface area contributed by atoms with Crippen LogP contribution in [0.4, 0.5) is 0 Å². The summed E-state index contributed by atoms with van der Waals surface area (Å²) in [5.74, 6) is 0. The molecule has 180 valence electrons. The Morgan fingerprint density at radius 2 is 2.11 bits per heavy atom. The minimum atomic E-state index is -0.375. The number of rotatable bonds is 4. The molecule has 0 N–H and O–H groups in total. The number of fused-ring (bicyclic) bond motifs is 3. The van der Waals surface area contributed by atoms with Gasteiger partial charge in [-0.2, -0.15) is 15.3 Å². The molecule has 0 aliphatic carbocycles. The average Bonchev–Trinajstić information content (AvgIpc) is 3.51. The molecule has 10 nitrogen and oxygen atoms in total. The smallest absolute Gasteiger partial charge is 0.349 e. The van der Waals surface area contributed by atoms with Gasteiger partial charge in [-0.3, -0.25) is 14.2 Å². The Morgan fingerprint density at radius 1 is 1.22 bits per heavy atom. The number of nitriles is 1. The highest BCUT2D eigenvalue weighted by Gasteiger charge is 2.29. The summed E-state index contributed by atoms with van der Waals surface area (Å²) in [4.78, 5) is 27.1. The maximum Gasteiger partial charge on any atom is 0.349 e. The van der Waals surface area contributed by atoms with E-state index in [0.29, 0.717) is 69.7 Å². The second-order valence-electron chi connectivity index (χ2n) is 8.96. The minimum absolute atomic E-state index is 0.0611. The lowest BCUT2D eigenvalue weighted by molar-refractivity contribution is -0.00710. The molecular formula is C26H23N7O3. The first-order valence-corrected chi connectivity index (χ1v) is 11.9. The number of aromatic nitrogens is 6. The van der Waals surface area contributed by atoms with Crippen LogP contribution in [0.1, 0.15) is 37.8 Å². The molecule has 1 aliphatic rings. The number of furan rings is 1. The lowest BCUT2D eigenvalue weighted by Crippen LogP contribution is -2.34. The van der Waals surface area contributed by atoms with Crippen LogP contribution in [0, 0.1) is 11.3 Å². The summed E-state index contributed by atoms with van der Waals surface area (Å²) in [5, 5.41) is 14.1. The first kappa shape index (κ1) is 22.1. The predicted octanol–water partition coefficient (Wildman–Crippen LogP) is 4.00. The van der Waals surface area contributed by atoms with E-state index in [9.17, 15) is 10.1 Å². The van der Waals surface area contributed by atoms with Gasteiger partial charge >= 0.3 is 5.69 Å². The van der Waals surface area contributed by atoms with E-state index in [1.807, 2.05) is 6.07 Å². The van der Waals surface area contributed by atoms with E-state index < -0.39 is 0 Å². The van der Waals surface area contributed by atoms with Crippen LogP contribution in [0.25, 0.3) is 44.7 Å². The number of aryl methyl sites for hydroxylation is 1. The fourth-order valence-electron chi connectivity index (χ4n) is 4.95. The molecule has 0 radical (unpaired) electrons. The van der Waals surface area contributed by atoms with Crippen molar-refractivity contribution in [3.05, 3.63) is 59.0 Å². The molecule has 0 spiro atoms. The number of pyridine rings is 2. The van der Waals surface area contributed by atoms with Crippen molar-refractivity contribution in [3.8, 4) is 28.6 Å². The van der Waals surface area contributed by atoms with Gasteiger partial charge < -0.3 is 9.15 Å². The lowest BCUT2D eigenvalue weighted by atomic mass is 10.0. The second-order valence-corrected chi connectivity index (χ2v) is 8.96. The first-order valence-electron chi connectivity index (χ1n) is 11.9. The minimum Gasteiger partial charge on any atom is -0.450 e. The summed E-state index contributed by atoms with van der Waals surface area (Å²) in [7, 11) is 1.81. The van der Waals surface area contributed by atoms with Crippen molar-refractivity contribution in [2.75, 3.05) is 6.61 Å². The summed E-state index contributed by atoms with van der Waals surface area (Å²) in [6.45, 7) is 2.64. The third kappa shape index (κ3) is 3.56. The van der Waals surface area contributed by atoms with Crippen molar-refractivity contribution in [1.29, 1.82) is 5.26 Å². The second kappa shape index (κ2) is 8.70. The summed E-state index contributed by atoms with van der Waals surface area (Å²) in [5.41, 5.74) is 4.17. The maximum absolute atomic E-state index is 13.6. The molecule has 0 saturated carbocycles. The Bertz CT molecular complexity index is 1690. The third-order valence-electron chi connectivity index (χ3n) is 6.70. The highest BCUT2D eigenvalue weighted by atomic mass is 16.5. The van der Waals surface area contributed by atoms with Crippen molar-refractivity contribution in [2.45, 2.75) is 38.3 Å². The van der Waals surface area contributed by atoms with Crippen LogP contribution < -0.4 is 5.69 Å². The molecular weight excluding hydrogens is 458 g/mol. The van der Waals surface area contributed by atoms with Crippen molar-refractivity contribution >= 4 is 22.2 Å². The number of nitrogens with zero attached hydrogens (tertiary/aromatic N) is 7. The molecule has 1 aliphatic heterocycles. The Morgan fingerprint density at radius 3 is 2.83 bits per heavy atom. The fraction of sp³-hybridized carbons (Fsp3) is 0.308. The largest absolute Gasteiger partial charge is 0.450 e. The Hall–Kier alpha value is -4.36. The summed E-state index contributed by atoms with van der Waals surface area (Å²) < 4.78 is 15.5. The van der Waals surface area contributed by atoms with Crippen LogP contribution in [0.15, 0.2) is 52.2 Å². The molecule has 6 rings (SSSR count). The quantitative estimate of drug-likeness (QED) is 0.377. The van der Waals surface area contributed by atoms with E-state index in [2.05, 4.69) is 28.1 Å². The van der Waals surface area contributed by atoms with E-state index in [1.165, 1.54) is 0 Å². The molecule has 5 aromatic heterocycles. The molecule has 10 heteroatoms. The van der Waals surface area contributed by atoms with Gasteiger partial charge in [0.25, 0.3) is 0 Å². The SMILES string of the molecule is CC[C@H]1C[C@@H](n2c(=O)nc(-c3cccnc3)c3oc4cc(C#N)c(-c5cnn(C)c5)nc4c32)CCO1. The van der Waals surface area contributed by atoms with E-state index >= 15 is 0 Å². The topological polar surface area (TPSA) is 125 Å². The third-order valence-corrected chi connectivity index (χ3v) is 6.70. The van der Waals surface area contributed by atoms with Crippen LogP contribution >= 0.6 is 0 Å². The first-order chi connectivity index (χ1) is 17.6. The zero-order chi connectivity index (χ0) is 24.8. The van der Waals surface area contributed by atoms with Gasteiger partial charge in [0.1, 0.15) is 22.8 Å². The molecule has 2 atom stereocenters. The van der Waals surface area contributed by atoms with E-state index in [1.54, 1.807) is 53.2 Å². The van der Waals surface area contributed by atoms with Gasteiger partial charge in [0.2, 0.25) is 0 Å². The number of hydrogen-bond donors (Lipinski definition) is 0. The average molecular weight is 482 g/mol. The van der Waals surface area contributed by atoms with Gasteiger partial charge in [-0.15, -0.1) is 0 Å². The number of ether oxygens (including phenoxy) is 1. The van der Waals surface area contributed by atoms with Gasteiger partial charge in [-0.25, -0.2) is 9.78 Å². The lowest BCUT2D eigenvalue weighted by Gasteiger charge is -2.30. The van der Waals surface area contributed by atoms with Crippen LogP contribution in [-0.4, -0.2) is 42.0 Å².